The van der Waals surface area contributed by atoms with Crippen molar-refractivity contribution in [3.05, 3.63) is 40.4 Å². The molecule has 0 aliphatic heterocycles. The Balaban J connectivity index is 2.30. The normalized spacial score (nSPS) is 12.7. The van der Waals surface area contributed by atoms with E-state index < -0.39 is 0 Å². The predicted octanol–water partition coefficient (Wildman–Crippen LogP) is 3.88. The Morgan fingerprint density at radius 1 is 1.22 bits per heavy atom. The summed E-state index contributed by atoms with van der Waals surface area (Å²) in [5, 5.41) is 1.12. The van der Waals surface area contributed by atoms with Crippen molar-refractivity contribution in [3.8, 4) is 10.6 Å². The van der Waals surface area contributed by atoms with Crippen LogP contribution < -0.4 is 5.73 Å². The van der Waals surface area contributed by atoms with Crippen molar-refractivity contribution >= 4 is 11.3 Å². The molecule has 0 fully saturated rings. The Morgan fingerprint density at radius 3 is 2.50 bits per heavy atom. The van der Waals surface area contributed by atoms with Gasteiger partial charge in [0.15, 0.2) is 0 Å². The van der Waals surface area contributed by atoms with Crippen molar-refractivity contribution in [1.82, 2.24) is 4.98 Å². The van der Waals surface area contributed by atoms with E-state index in [0.29, 0.717) is 5.92 Å². The molecule has 0 amide bonds. The number of nitrogens with two attached hydrogens (primary N) is 1. The molecule has 2 rings (SSSR count). The molecule has 2 N–H and O–H groups in total. The number of aromatic nitrogens is 1. The number of rotatable bonds is 4. The van der Waals surface area contributed by atoms with E-state index in [1.165, 1.54) is 16.0 Å². The van der Waals surface area contributed by atoms with E-state index in [2.05, 4.69) is 45.0 Å². The zero-order valence-corrected chi connectivity index (χ0v) is 12.1. The number of hydrogen-bond acceptors (Lipinski definition) is 3. The largest absolute Gasteiger partial charge is 0.330 e. The summed E-state index contributed by atoms with van der Waals surface area (Å²) in [6.07, 6.45) is 1.02. The van der Waals surface area contributed by atoms with E-state index in [1.54, 1.807) is 11.3 Å². The monoisotopic (exact) mass is 260 g/mol. The summed E-state index contributed by atoms with van der Waals surface area (Å²) in [6.45, 7) is 7.16. The zero-order valence-electron chi connectivity index (χ0n) is 11.2. The first-order valence-corrected chi connectivity index (χ1v) is 7.18. The molecule has 0 radical (unpaired) electrons. The third-order valence-electron chi connectivity index (χ3n) is 3.18. The molecule has 0 saturated heterocycles. The topological polar surface area (TPSA) is 38.9 Å². The summed E-state index contributed by atoms with van der Waals surface area (Å²) in [4.78, 5) is 6.06. The number of hydrogen-bond donors (Lipinski definition) is 1. The van der Waals surface area contributed by atoms with E-state index in [4.69, 9.17) is 10.7 Å². The van der Waals surface area contributed by atoms with Gasteiger partial charge in [-0.2, -0.15) is 0 Å². The van der Waals surface area contributed by atoms with Gasteiger partial charge in [0, 0.05) is 10.4 Å². The number of aryl methyl sites for hydroxylation is 2. The van der Waals surface area contributed by atoms with Gasteiger partial charge >= 0.3 is 0 Å². The zero-order chi connectivity index (χ0) is 13.1. The minimum atomic E-state index is 0.506. The van der Waals surface area contributed by atoms with Crippen LogP contribution in [0, 0.1) is 13.8 Å². The Morgan fingerprint density at radius 2 is 1.89 bits per heavy atom. The molecule has 2 nitrogen and oxygen atoms in total. The fourth-order valence-electron chi connectivity index (χ4n) is 2.07. The second kappa shape index (κ2) is 5.63. The van der Waals surface area contributed by atoms with Crippen molar-refractivity contribution < 1.29 is 0 Å². The second-order valence-corrected chi connectivity index (χ2v) is 5.84. The maximum absolute atomic E-state index is 5.64. The summed E-state index contributed by atoms with van der Waals surface area (Å²) in [7, 11) is 0. The molecule has 1 unspecified atom stereocenters. The Labute approximate surface area is 113 Å². The number of thiazole rings is 1. The van der Waals surface area contributed by atoms with Gasteiger partial charge in [-0.1, -0.05) is 36.8 Å². The summed E-state index contributed by atoms with van der Waals surface area (Å²) in [5.74, 6) is 0.506. The average molecular weight is 260 g/mol. The molecule has 0 saturated carbocycles. The minimum absolute atomic E-state index is 0.506. The van der Waals surface area contributed by atoms with Gasteiger partial charge in [-0.3, -0.25) is 0 Å². The first-order valence-electron chi connectivity index (χ1n) is 6.36. The highest BCUT2D eigenvalue weighted by Crippen LogP contribution is 2.33. The van der Waals surface area contributed by atoms with Crippen molar-refractivity contribution in [2.24, 2.45) is 5.73 Å². The Bertz CT molecular complexity index is 514. The molecular weight excluding hydrogens is 240 g/mol. The fraction of sp³-hybridized carbons (Fsp3) is 0.400. The van der Waals surface area contributed by atoms with Crippen LogP contribution in [0.4, 0.5) is 0 Å². The van der Waals surface area contributed by atoms with Gasteiger partial charge in [0.2, 0.25) is 0 Å². The molecular formula is C15H20N2S. The maximum Gasteiger partial charge on any atom is 0.123 e. The van der Waals surface area contributed by atoms with Crippen molar-refractivity contribution in [2.45, 2.75) is 33.1 Å². The molecule has 0 aliphatic carbocycles. The Hall–Kier alpha value is -1.19. The van der Waals surface area contributed by atoms with E-state index in [-0.39, 0.29) is 0 Å². The van der Waals surface area contributed by atoms with Crippen LogP contribution in [-0.4, -0.2) is 11.5 Å². The third-order valence-corrected chi connectivity index (χ3v) is 4.62. The van der Waals surface area contributed by atoms with E-state index >= 15 is 0 Å². The standard InChI is InChI=1S/C15H20N2S/c1-10-4-6-13(7-5-10)15-17-12(3)14(18-15)11(2)8-9-16/h4-7,11H,8-9,16H2,1-3H3. The van der Waals surface area contributed by atoms with Crippen LogP contribution in [0.15, 0.2) is 24.3 Å². The molecule has 1 aromatic carbocycles. The van der Waals surface area contributed by atoms with Crippen LogP contribution in [0.5, 0.6) is 0 Å². The van der Waals surface area contributed by atoms with Gasteiger partial charge in [-0.05, 0) is 32.7 Å². The SMILES string of the molecule is Cc1ccc(-c2nc(C)c(C(C)CCN)s2)cc1. The smallest absolute Gasteiger partial charge is 0.123 e. The van der Waals surface area contributed by atoms with Crippen molar-refractivity contribution in [3.63, 3.8) is 0 Å². The number of nitrogens with zero attached hydrogens (tertiary/aromatic N) is 1. The molecule has 3 heteroatoms. The molecule has 18 heavy (non-hydrogen) atoms. The fourth-order valence-corrected chi connectivity index (χ4v) is 3.22. The van der Waals surface area contributed by atoms with Crippen molar-refractivity contribution in [1.29, 1.82) is 0 Å². The maximum atomic E-state index is 5.64. The lowest BCUT2D eigenvalue weighted by Crippen LogP contribution is -2.04. The second-order valence-electron chi connectivity index (χ2n) is 4.81. The summed E-state index contributed by atoms with van der Waals surface area (Å²) in [6, 6.07) is 8.56. The van der Waals surface area contributed by atoms with Gasteiger partial charge in [-0.25, -0.2) is 4.98 Å². The number of benzene rings is 1. The van der Waals surface area contributed by atoms with Crippen molar-refractivity contribution in [2.75, 3.05) is 6.54 Å². The summed E-state index contributed by atoms with van der Waals surface area (Å²) < 4.78 is 0. The first kappa shape index (κ1) is 13.2. The summed E-state index contributed by atoms with van der Waals surface area (Å²) >= 11 is 1.80. The summed E-state index contributed by atoms with van der Waals surface area (Å²) in [5.41, 5.74) is 9.27. The van der Waals surface area contributed by atoms with E-state index in [1.807, 2.05) is 0 Å². The lowest BCUT2D eigenvalue weighted by atomic mass is 10.1. The average Bonchev–Trinajstić information content (AvgIpc) is 2.72. The first-order chi connectivity index (χ1) is 8.61. The molecule has 0 aliphatic rings. The highest BCUT2D eigenvalue weighted by molar-refractivity contribution is 7.15. The van der Waals surface area contributed by atoms with Crippen LogP contribution in [0.1, 0.15) is 35.4 Å². The Kier molecular flexibility index (Phi) is 4.15. The highest BCUT2D eigenvalue weighted by atomic mass is 32.1. The minimum Gasteiger partial charge on any atom is -0.330 e. The van der Waals surface area contributed by atoms with Crippen LogP contribution in [0.2, 0.25) is 0 Å². The van der Waals surface area contributed by atoms with E-state index in [0.717, 1.165) is 23.7 Å². The molecule has 1 heterocycles. The van der Waals surface area contributed by atoms with Gasteiger partial charge in [0.1, 0.15) is 5.01 Å². The van der Waals surface area contributed by atoms with Gasteiger partial charge in [0.25, 0.3) is 0 Å². The predicted molar refractivity (Wildman–Crippen MR) is 79.1 cm³/mol. The molecule has 0 bridgehead atoms. The molecule has 2 aromatic rings. The van der Waals surface area contributed by atoms with Crippen LogP contribution in [0.25, 0.3) is 10.6 Å². The van der Waals surface area contributed by atoms with Gasteiger partial charge in [-0.15, -0.1) is 11.3 Å². The lowest BCUT2D eigenvalue weighted by Gasteiger charge is -2.07. The molecule has 1 atom stereocenters. The molecule has 1 aromatic heterocycles. The van der Waals surface area contributed by atoms with Gasteiger partial charge < -0.3 is 5.73 Å². The van der Waals surface area contributed by atoms with E-state index in [9.17, 15) is 0 Å². The molecule has 0 spiro atoms. The highest BCUT2D eigenvalue weighted by Gasteiger charge is 2.14. The third kappa shape index (κ3) is 2.79. The van der Waals surface area contributed by atoms with Crippen LogP contribution in [-0.2, 0) is 0 Å². The molecule has 96 valence electrons. The van der Waals surface area contributed by atoms with Crippen LogP contribution in [0.3, 0.4) is 0 Å². The lowest BCUT2D eigenvalue weighted by molar-refractivity contribution is 0.696. The quantitative estimate of drug-likeness (QED) is 0.906. The van der Waals surface area contributed by atoms with Gasteiger partial charge in [0.05, 0.1) is 5.69 Å². The van der Waals surface area contributed by atoms with Crippen LogP contribution >= 0.6 is 11.3 Å².